The van der Waals surface area contributed by atoms with Crippen molar-refractivity contribution in [1.82, 2.24) is 0 Å². The predicted molar refractivity (Wildman–Crippen MR) is 58.9 cm³/mol. The van der Waals surface area contributed by atoms with E-state index >= 15 is 0 Å². The first-order chi connectivity index (χ1) is 6.85. The van der Waals surface area contributed by atoms with Crippen molar-refractivity contribution in [2.24, 2.45) is 0 Å². The van der Waals surface area contributed by atoms with Crippen LogP contribution in [0.1, 0.15) is 11.5 Å². The van der Waals surface area contributed by atoms with Crippen molar-refractivity contribution in [2.75, 3.05) is 17.3 Å². The molecule has 1 aromatic carbocycles. The smallest absolute Gasteiger partial charge is 0.0850 e. The van der Waals surface area contributed by atoms with Gasteiger partial charge in [-0.2, -0.15) is 0 Å². The van der Waals surface area contributed by atoms with E-state index in [9.17, 15) is 0 Å². The van der Waals surface area contributed by atoms with Gasteiger partial charge in [0.1, 0.15) is 0 Å². The van der Waals surface area contributed by atoms with Crippen LogP contribution in [0, 0.1) is 10.8 Å². The molecule has 2 rings (SSSR count). The molecule has 0 unspecified atom stereocenters. The summed E-state index contributed by atoms with van der Waals surface area (Å²) >= 11 is 0. The Morgan fingerprint density at radius 1 is 1.14 bits per heavy atom. The molecule has 0 bridgehead atoms. The fourth-order valence-electron chi connectivity index (χ4n) is 1.54. The zero-order chi connectivity index (χ0) is 9.97. The van der Waals surface area contributed by atoms with Gasteiger partial charge in [0.25, 0.3) is 0 Å². The third-order valence-corrected chi connectivity index (χ3v) is 2.35. The van der Waals surface area contributed by atoms with E-state index in [4.69, 9.17) is 10.8 Å². The van der Waals surface area contributed by atoms with Gasteiger partial charge in [-0.3, -0.25) is 0 Å². The summed E-state index contributed by atoms with van der Waals surface area (Å²) in [5.74, 6) is -0.206. The standard InChI is InChI=1S/C10H12N4/c11-4-8(5-12)7-1-2-9-10(3-7)14-6-13-9/h1-5,8,11-14H,6H2. The molecule has 1 aromatic rings. The van der Waals surface area contributed by atoms with E-state index in [0.717, 1.165) is 23.6 Å². The van der Waals surface area contributed by atoms with Crippen molar-refractivity contribution in [3.8, 4) is 0 Å². The summed E-state index contributed by atoms with van der Waals surface area (Å²) in [5.41, 5.74) is 3.11. The Hall–Kier alpha value is -1.84. The summed E-state index contributed by atoms with van der Waals surface area (Å²) in [6, 6.07) is 5.90. The van der Waals surface area contributed by atoms with Crippen LogP contribution in [-0.4, -0.2) is 19.1 Å². The molecule has 4 N–H and O–H groups in total. The molecule has 0 amide bonds. The Morgan fingerprint density at radius 2 is 1.86 bits per heavy atom. The quantitative estimate of drug-likeness (QED) is 0.547. The maximum atomic E-state index is 7.18. The monoisotopic (exact) mass is 188 g/mol. The van der Waals surface area contributed by atoms with Crippen LogP contribution in [0.4, 0.5) is 11.4 Å². The molecule has 0 aromatic heterocycles. The fourth-order valence-corrected chi connectivity index (χ4v) is 1.54. The van der Waals surface area contributed by atoms with Gasteiger partial charge in [0, 0.05) is 12.4 Å². The average Bonchev–Trinajstić information content (AvgIpc) is 2.66. The summed E-state index contributed by atoms with van der Waals surface area (Å²) in [6.45, 7) is 0.749. The first-order valence-electron chi connectivity index (χ1n) is 4.48. The highest BCUT2D eigenvalue weighted by Gasteiger charge is 2.12. The first-order valence-corrected chi connectivity index (χ1v) is 4.48. The van der Waals surface area contributed by atoms with Crippen LogP contribution < -0.4 is 10.6 Å². The minimum absolute atomic E-state index is 0.206. The molecule has 0 atom stereocenters. The van der Waals surface area contributed by atoms with E-state index < -0.39 is 0 Å². The number of nitrogens with one attached hydrogen (secondary N) is 4. The summed E-state index contributed by atoms with van der Waals surface area (Å²) in [7, 11) is 0. The number of hydrogen-bond acceptors (Lipinski definition) is 4. The van der Waals surface area contributed by atoms with Crippen LogP contribution in [0.25, 0.3) is 0 Å². The maximum absolute atomic E-state index is 7.18. The highest BCUT2D eigenvalue weighted by Crippen LogP contribution is 2.28. The summed E-state index contributed by atoms with van der Waals surface area (Å²) < 4.78 is 0. The van der Waals surface area contributed by atoms with Crippen LogP contribution in [0.5, 0.6) is 0 Å². The molecule has 72 valence electrons. The third-order valence-electron chi connectivity index (χ3n) is 2.35. The normalized spacial score (nSPS) is 14.9. The van der Waals surface area contributed by atoms with Crippen molar-refractivity contribution in [3.63, 3.8) is 0 Å². The second-order valence-corrected chi connectivity index (χ2v) is 3.19. The Bertz CT molecular complexity index is 364. The molecule has 14 heavy (non-hydrogen) atoms. The van der Waals surface area contributed by atoms with Gasteiger partial charge in [-0.15, -0.1) is 0 Å². The minimum atomic E-state index is -0.206. The molecule has 4 nitrogen and oxygen atoms in total. The van der Waals surface area contributed by atoms with Gasteiger partial charge in [0.05, 0.1) is 24.0 Å². The third kappa shape index (κ3) is 1.35. The first kappa shape index (κ1) is 8.74. The lowest BCUT2D eigenvalue weighted by Crippen LogP contribution is -2.00. The van der Waals surface area contributed by atoms with Crippen LogP contribution in [-0.2, 0) is 0 Å². The number of hydrogen-bond donors (Lipinski definition) is 4. The number of fused-ring (bicyclic) bond motifs is 1. The number of rotatable bonds is 3. The van der Waals surface area contributed by atoms with E-state index in [2.05, 4.69) is 10.6 Å². The summed E-state index contributed by atoms with van der Waals surface area (Å²) in [4.78, 5) is 0. The van der Waals surface area contributed by atoms with Gasteiger partial charge in [-0.05, 0) is 17.7 Å². The second-order valence-electron chi connectivity index (χ2n) is 3.19. The topological polar surface area (TPSA) is 71.8 Å². The molecule has 1 heterocycles. The van der Waals surface area contributed by atoms with Gasteiger partial charge in [-0.25, -0.2) is 0 Å². The molecule has 0 saturated carbocycles. The molecular formula is C10H12N4. The van der Waals surface area contributed by atoms with Gasteiger partial charge in [0.2, 0.25) is 0 Å². The van der Waals surface area contributed by atoms with Crippen LogP contribution in [0.3, 0.4) is 0 Å². The van der Waals surface area contributed by atoms with E-state index in [-0.39, 0.29) is 5.92 Å². The Balaban J connectivity index is 2.36. The van der Waals surface area contributed by atoms with Crippen LogP contribution in [0.15, 0.2) is 18.2 Å². The van der Waals surface area contributed by atoms with Crippen molar-refractivity contribution in [1.29, 1.82) is 10.8 Å². The zero-order valence-electron chi connectivity index (χ0n) is 7.67. The highest BCUT2D eigenvalue weighted by molar-refractivity contribution is 5.89. The molecule has 0 aliphatic carbocycles. The maximum Gasteiger partial charge on any atom is 0.0850 e. The molecule has 4 heteroatoms. The summed E-state index contributed by atoms with van der Waals surface area (Å²) in [5, 5.41) is 20.7. The van der Waals surface area contributed by atoms with Crippen molar-refractivity contribution >= 4 is 23.8 Å². The molecular weight excluding hydrogens is 176 g/mol. The largest absolute Gasteiger partial charge is 0.366 e. The molecule has 0 fully saturated rings. The van der Waals surface area contributed by atoms with Crippen molar-refractivity contribution < 1.29 is 0 Å². The van der Waals surface area contributed by atoms with E-state index in [1.165, 1.54) is 12.4 Å². The van der Waals surface area contributed by atoms with Crippen LogP contribution in [0.2, 0.25) is 0 Å². The van der Waals surface area contributed by atoms with E-state index in [1.807, 2.05) is 18.2 Å². The average molecular weight is 188 g/mol. The van der Waals surface area contributed by atoms with Crippen molar-refractivity contribution in [3.05, 3.63) is 23.8 Å². The summed E-state index contributed by atoms with van der Waals surface area (Å²) in [6.07, 6.45) is 2.55. The van der Waals surface area contributed by atoms with Gasteiger partial charge >= 0.3 is 0 Å². The van der Waals surface area contributed by atoms with Crippen molar-refractivity contribution in [2.45, 2.75) is 5.92 Å². The minimum Gasteiger partial charge on any atom is -0.366 e. The fraction of sp³-hybridized carbons (Fsp3) is 0.200. The molecule has 0 spiro atoms. The van der Waals surface area contributed by atoms with Gasteiger partial charge in [0.15, 0.2) is 0 Å². The second kappa shape index (κ2) is 3.49. The molecule has 1 aliphatic heterocycles. The van der Waals surface area contributed by atoms with Gasteiger partial charge < -0.3 is 21.5 Å². The van der Waals surface area contributed by atoms with E-state index in [0.29, 0.717) is 0 Å². The lowest BCUT2D eigenvalue weighted by Gasteiger charge is -2.07. The lowest BCUT2D eigenvalue weighted by molar-refractivity contribution is 1.22. The Labute approximate surface area is 82.4 Å². The lowest BCUT2D eigenvalue weighted by atomic mass is 10.0. The highest BCUT2D eigenvalue weighted by atomic mass is 15.1. The Morgan fingerprint density at radius 3 is 2.57 bits per heavy atom. The van der Waals surface area contributed by atoms with E-state index in [1.54, 1.807) is 0 Å². The predicted octanol–water partition coefficient (Wildman–Crippen LogP) is 1.86. The zero-order valence-corrected chi connectivity index (χ0v) is 7.67. The SMILES string of the molecule is N=CC(C=N)c1ccc2c(c1)NCN2. The molecule has 1 aliphatic rings. The molecule has 0 saturated heterocycles. The molecule has 0 radical (unpaired) electrons. The number of anilines is 2. The van der Waals surface area contributed by atoms with Gasteiger partial charge in [-0.1, -0.05) is 6.07 Å². The van der Waals surface area contributed by atoms with Crippen LogP contribution >= 0.6 is 0 Å². The Kier molecular flexibility index (Phi) is 2.18. The number of benzene rings is 1.